The topological polar surface area (TPSA) is 30.0 Å². The van der Waals surface area contributed by atoms with E-state index in [1.165, 1.54) is 0 Å². The van der Waals surface area contributed by atoms with Crippen molar-refractivity contribution < 1.29 is 4.79 Å². The molecule has 0 aliphatic rings. The lowest BCUT2D eigenvalue weighted by molar-refractivity contribution is 0.0966. The maximum atomic E-state index is 12.2. The average Bonchev–Trinajstić information content (AvgIpc) is 2.39. The van der Waals surface area contributed by atoms with Crippen molar-refractivity contribution in [1.29, 1.82) is 0 Å². The Hall–Kier alpha value is -1.67. The third-order valence-electron chi connectivity index (χ3n) is 2.71. The minimum absolute atomic E-state index is 0.0698. The molecule has 0 spiro atoms. The standard InChI is InChI=1S/C14H12ClNO/c1-10(11-4-6-13(15)7-5-11)14(17)12-3-2-8-16-9-12/h2-10H,1H3. The van der Waals surface area contributed by atoms with Crippen LogP contribution in [0.15, 0.2) is 48.8 Å². The Kier molecular flexibility index (Phi) is 3.55. The molecule has 0 saturated carbocycles. The molecule has 0 radical (unpaired) electrons. The van der Waals surface area contributed by atoms with Crippen LogP contribution >= 0.6 is 11.6 Å². The molecule has 0 aliphatic carbocycles. The van der Waals surface area contributed by atoms with Crippen molar-refractivity contribution in [2.75, 3.05) is 0 Å². The summed E-state index contributed by atoms with van der Waals surface area (Å²) in [7, 11) is 0. The Balaban J connectivity index is 2.23. The third kappa shape index (κ3) is 2.71. The summed E-state index contributed by atoms with van der Waals surface area (Å²) in [5.41, 5.74) is 1.60. The monoisotopic (exact) mass is 245 g/mol. The molecule has 2 rings (SSSR count). The second-order valence-electron chi connectivity index (χ2n) is 3.88. The van der Waals surface area contributed by atoms with Gasteiger partial charge in [-0.1, -0.05) is 30.7 Å². The number of rotatable bonds is 3. The van der Waals surface area contributed by atoms with Crippen molar-refractivity contribution in [2.24, 2.45) is 0 Å². The number of hydrogen-bond acceptors (Lipinski definition) is 2. The Morgan fingerprint density at radius 2 is 1.94 bits per heavy atom. The second-order valence-corrected chi connectivity index (χ2v) is 4.32. The Bertz CT molecular complexity index is 508. The molecular weight excluding hydrogens is 234 g/mol. The van der Waals surface area contributed by atoms with Crippen molar-refractivity contribution in [1.82, 2.24) is 4.98 Å². The molecule has 1 heterocycles. The fourth-order valence-electron chi connectivity index (χ4n) is 1.66. The van der Waals surface area contributed by atoms with Crippen molar-refractivity contribution in [3.8, 4) is 0 Å². The highest BCUT2D eigenvalue weighted by Gasteiger charge is 2.16. The zero-order valence-electron chi connectivity index (χ0n) is 9.43. The molecule has 0 saturated heterocycles. The summed E-state index contributed by atoms with van der Waals surface area (Å²) in [6.45, 7) is 1.89. The van der Waals surface area contributed by atoms with Gasteiger partial charge in [0.2, 0.25) is 0 Å². The van der Waals surface area contributed by atoms with Gasteiger partial charge < -0.3 is 0 Å². The number of Topliss-reactive ketones (excluding diaryl/α,β-unsaturated/α-hetero) is 1. The van der Waals surface area contributed by atoms with Crippen LogP contribution in [0.5, 0.6) is 0 Å². The molecule has 0 aliphatic heterocycles. The Morgan fingerprint density at radius 3 is 2.53 bits per heavy atom. The number of aromatic nitrogens is 1. The van der Waals surface area contributed by atoms with Gasteiger partial charge in [0.1, 0.15) is 0 Å². The minimum Gasteiger partial charge on any atom is -0.293 e. The van der Waals surface area contributed by atoms with E-state index in [0.717, 1.165) is 5.56 Å². The molecule has 1 aromatic carbocycles. The van der Waals surface area contributed by atoms with E-state index in [9.17, 15) is 4.79 Å². The molecular formula is C14H12ClNO. The lowest BCUT2D eigenvalue weighted by Gasteiger charge is -2.10. The van der Waals surface area contributed by atoms with E-state index in [2.05, 4.69) is 4.98 Å². The molecule has 86 valence electrons. The number of benzene rings is 1. The molecule has 1 atom stereocenters. The van der Waals surface area contributed by atoms with Gasteiger partial charge >= 0.3 is 0 Å². The number of ketones is 1. The second kappa shape index (κ2) is 5.11. The van der Waals surface area contributed by atoms with Gasteiger partial charge in [0.05, 0.1) is 0 Å². The van der Waals surface area contributed by atoms with Crippen LogP contribution in [0.25, 0.3) is 0 Å². The summed E-state index contributed by atoms with van der Waals surface area (Å²) < 4.78 is 0. The maximum Gasteiger partial charge on any atom is 0.171 e. The van der Waals surface area contributed by atoms with E-state index in [4.69, 9.17) is 11.6 Å². The first-order valence-electron chi connectivity index (χ1n) is 5.38. The summed E-state index contributed by atoms with van der Waals surface area (Å²) in [6.07, 6.45) is 3.25. The normalized spacial score (nSPS) is 12.1. The van der Waals surface area contributed by atoms with Gasteiger partial charge in [0.25, 0.3) is 0 Å². The van der Waals surface area contributed by atoms with E-state index < -0.39 is 0 Å². The molecule has 2 nitrogen and oxygen atoms in total. The smallest absolute Gasteiger partial charge is 0.171 e. The molecule has 1 aromatic heterocycles. The highest BCUT2D eigenvalue weighted by molar-refractivity contribution is 6.30. The van der Waals surface area contributed by atoms with Crippen LogP contribution < -0.4 is 0 Å². The highest BCUT2D eigenvalue weighted by atomic mass is 35.5. The quantitative estimate of drug-likeness (QED) is 0.772. The van der Waals surface area contributed by atoms with E-state index >= 15 is 0 Å². The van der Waals surface area contributed by atoms with Crippen LogP contribution in [0.3, 0.4) is 0 Å². The van der Waals surface area contributed by atoms with Crippen LogP contribution in [0.4, 0.5) is 0 Å². The van der Waals surface area contributed by atoms with Gasteiger partial charge in [-0.05, 0) is 29.8 Å². The molecule has 1 unspecified atom stereocenters. The number of carbonyl (C=O) groups excluding carboxylic acids is 1. The van der Waals surface area contributed by atoms with Gasteiger partial charge in [-0.2, -0.15) is 0 Å². The summed E-state index contributed by atoms with van der Waals surface area (Å²) in [5.74, 6) is -0.114. The molecule has 0 N–H and O–H groups in total. The molecule has 2 aromatic rings. The average molecular weight is 246 g/mol. The number of pyridine rings is 1. The first kappa shape index (κ1) is 11.8. The molecule has 17 heavy (non-hydrogen) atoms. The van der Waals surface area contributed by atoms with Crippen LogP contribution in [-0.4, -0.2) is 10.8 Å². The van der Waals surface area contributed by atoms with Crippen LogP contribution in [0.1, 0.15) is 28.8 Å². The Labute approximate surface area is 105 Å². The summed E-state index contributed by atoms with van der Waals surface area (Å²) in [6, 6.07) is 10.9. The Morgan fingerprint density at radius 1 is 1.24 bits per heavy atom. The fourth-order valence-corrected chi connectivity index (χ4v) is 1.79. The number of halogens is 1. The summed E-state index contributed by atoms with van der Waals surface area (Å²) in [5, 5.41) is 0.676. The zero-order chi connectivity index (χ0) is 12.3. The van der Waals surface area contributed by atoms with Crippen molar-refractivity contribution >= 4 is 17.4 Å². The third-order valence-corrected chi connectivity index (χ3v) is 2.96. The minimum atomic E-state index is -0.184. The van der Waals surface area contributed by atoms with Gasteiger partial charge in [-0.25, -0.2) is 0 Å². The molecule has 3 heteroatoms. The predicted octanol–water partition coefficient (Wildman–Crippen LogP) is 3.72. The lowest BCUT2D eigenvalue weighted by atomic mass is 9.93. The van der Waals surface area contributed by atoms with Crippen molar-refractivity contribution in [3.05, 3.63) is 64.9 Å². The van der Waals surface area contributed by atoms with E-state index in [1.807, 2.05) is 19.1 Å². The summed E-state index contributed by atoms with van der Waals surface area (Å²) in [4.78, 5) is 16.1. The van der Waals surface area contributed by atoms with Crippen molar-refractivity contribution in [2.45, 2.75) is 12.8 Å². The van der Waals surface area contributed by atoms with Crippen LogP contribution in [-0.2, 0) is 0 Å². The van der Waals surface area contributed by atoms with Gasteiger partial charge in [-0.3, -0.25) is 9.78 Å². The number of carbonyl (C=O) groups is 1. The molecule has 0 fully saturated rings. The van der Waals surface area contributed by atoms with Gasteiger partial charge in [0.15, 0.2) is 5.78 Å². The fraction of sp³-hybridized carbons (Fsp3) is 0.143. The first-order chi connectivity index (χ1) is 8.18. The van der Waals surface area contributed by atoms with Gasteiger partial charge in [-0.15, -0.1) is 0 Å². The number of nitrogens with zero attached hydrogens (tertiary/aromatic N) is 1. The highest BCUT2D eigenvalue weighted by Crippen LogP contribution is 2.21. The van der Waals surface area contributed by atoms with Gasteiger partial charge in [0, 0.05) is 28.9 Å². The number of hydrogen-bond donors (Lipinski definition) is 0. The van der Waals surface area contributed by atoms with E-state index in [-0.39, 0.29) is 11.7 Å². The van der Waals surface area contributed by atoms with Crippen molar-refractivity contribution in [3.63, 3.8) is 0 Å². The lowest BCUT2D eigenvalue weighted by Crippen LogP contribution is -2.09. The summed E-state index contributed by atoms with van der Waals surface area (Å²) >= 11 is 5.82. The van der Waals surface area contributed by atoms with Crippen LogP contribution in [0, 0.1) is 0 Å². The maximum absolute atomic E-state index is 12.2. The first-order valence-corrected chi connectivity index (χ1v) is 5.76. The molecule has 0 bridgehead atoms. The predicted molar refractivity (Wildman–Crippen MR) is 68.4 cm³/mol. The van der Waals surface area contributed by atoms with Crippen LogP contribution in [0.2, 0.25) is 5.02 Å². The van der Waals surface area contributed by atoms with E-state index in [0.29, 0.717) is 10.6 Å². The molecule has 0 amide bonds. The largest absolute Gasteiger partial charge is 0.293 e. The van der Waals surface area contributed by atoms with E-state index in [1.54, 1.807) is 36.7 Å². The zero-order valence-corrected chi connectivity index (χ0v) is 10.2. The SMILES string of the molecule is CC(C(=O)c1cccnc1)c1ccc(Cl)cc1.